The molecular formula is C14H21NO2. The second-order valence-corrected chi connectivity index (χ2v) is 5.81. The van der Waals surface area contributed by atoms with Crippen molar-refractivity contribution >= 4 is 0 Å². The molecule has 1 aromatic carbocycles. The van der Waals surface area contributed by atoms with Gasteiger partial charge in [-0.05, 0) is 28.7 Å². The zero-order valence-corrected chi connectivity index (χ0v) is 11.0. The third-order valence-corrected chi connectivity index (χ3v) is 3.30. The Morgan fingerprint density at radius 2 is 1.94 bits per heavy atom. The Kier molecular flexibility index (Phi) is 2.92. The van der Waals surface area contributed by atoms with Crippen LogP contribution in [0.15, 0.2) is 18.2 Å². The van der Waals surface area contributed by atoms with Crippen molar-refractivity contribution in [1.29, 1.82) is 0 Å². The second-order valence-electron chi connectivity index (χ2n) is 5.81. The van der Waals surface area contributed by atoms with Gasteiger partial charge in [-0.1, -0.05) is 26.8 Å². The van der Waals surface area contributed by atoms with E-state index in [1.165, 1.54) is 5.56 Å². The minimum atomic E-state index is -0.313. The molecule has 0 amide bonds. The van der Waals surface area contributed by atoms with Gasteiger partial charge in [0.15, 0.2) is 0 Å². The van der Waals surface area contributed by atoms with Crippen LogP contribution in [0.5, 0.6) is 5.75 Å². The third kappa shape index (κ3) is 2.17. The van der Waals surface area contributed by atoms with Gasteiger partial charge < -0.3 is 15.2 Å². The maximum absolute atomic E-state index is 6.26. The van der Waals surface area contributed by atoms with Gasteiger partial charge >= 0.3 is 0 Å². The number of methoxy groups -OCH3 is 1. The van der Waals surface area contributed by atoms with E-state index < -0.39 is 0 Å². The summed E-state index contributed by atoms with van der Waals surface area (Å²) in [4.78, 5) is 0. The molecule has 0 radical (unpaired) electrons. The largest absolute Gasteiger partial charge is 0.496 e. The van der Waals surface area contributed by atoms with Crippen LogP contribution in [0.25, 0.3) is 0 Å². The molecule has 0 aliphatic carbocycles. The lowest BCUT2D eigenvalue weighted by atomic mass is 9.81. The van der Waals surface area contributed by atoms with Crippen LogP contribution in [-0.2, 0) is 15.7 Å². The summed E-state index contributed by atoms with van der Waals surface area (Å²) >= 11 is 0. The van der Waals surface area contributed by atoms with Gasteiger partial charge in [-0.15, -0.1) is 0 Å². The minimum absolute atomic E-state index is 0.0440. The molecule has 1 saturated heterocycles. The lowest BCUT2D eigenvalue weighted by Crippen LogP contribution is -2.54. The molecule has 3 heteroatoms. The van der Waals surface area contributed by atoms with Gasteiger partial charge in [-0.2, -0.15) is 0 Å². The molecule has 0 spiro atoms. The van der Waals surface area contributed by atoms with Gasteiger partial charge in [0, 0.05) is 0 Å². The van der Waals surface area contributed by atoms with Crippen molar-refractivity contribution in [3.63, 3.8) is 0 Å². The number of ether oxygens (including phenoxy) is 2. The molecule has 3 nitrogen and oxygen atoms in total. The summed E-state index contributed by atoms with van der Waals surface area (Å²) < 4.78 is 10.6. The van der Waals surface area contributed by atoms with Crippen LogP contribution in [0.3, 0.4) is 0 Å². The second kappa shape index (κ2) is 4.00. The molecule has 2 rings (SSSR count). The van der Waals surface area contributed by atoms with Crippen molar-refractivity contribution in [3.05, 3.63) is 29.3 Å². The lowest BCUT2D eigenvalue weighted by Gasteiger charge is -2.39. The highest BCUT2D eigenvalue weighted by atomic mass is 16.5. The summed E-state index contributed by atoms with van der Waals surface area (Å²) in [5.74, 6) is 0.921. The molecular weight excluding hydrogens is 214 g/mol. The van der Waals surface area contributed by atoms with E-state index in [9.17, 15) is 0 Å². The highest BCUT2D eigenvalue weighted by Gasteiger charge is 2.37. The van der Waals surface area contributed by atoms with Crippen LogP contribution in [0.2, 0.25) is 0 Å². The molecule has 1 aliphatic rings. The Morgan fingerprint density at radius 3 is 2.35 bits per heavy atom. The molecule has 94 valence electrons. The molecule has 1 aromatic rings. The van der Waals surface area contributed by atoms with Crippen LogP contribution < -0.4 is 10.5 Å². The van der Waals surface area contributed by atoms with Crippen molar-refractivity contribution in [2.75, 3.05) is 20.3 Å². The molecule has 0 saturated carbocycles. The predicted octanol–water partition coefficient (Wildman–Crippen LogP) is 2.18. The van der Waals surface area contributed by atoms with Crippen LogP contribution in [0, 0.1) is 0 Å². The topological polar surface area (TPSA) is 44.5 Å². The summed E-state index contributed by atoms with van der Waals surface area (Å²) in [6.45, 7) is 7.73. The van der Waals surface area contributed by atoms with Crippen molar-refractivity contribution in [2.24, 2.45) is 5.73 Å². The first-order chi connectivity index (χ1) is 7.87. The maximum Gasteiger partial charge on any atom is 0.122 e. The molecule has 0 aromatic heterocycles. The zero-order chi connectivity index (χ0) is 12.7. The molecule has 1 heterocycles. The Morgan fingerprint density at radius 1 is 1.29 bits per heavy atom. The van der Waals surface area contributed by atoms with Crippen LogP contribution >= 0.6 is 0 Å². The summed E-state index contributed by atoms with van der Waals surface area (Å²) in [5.41, 5.74) is 8.32. The fourth-order valence-corrected chi connectivity index (χ4v) is 2.09. The van der Waals surface area contributed by atoms with Gasteiger partial charge in [-0.3, -0.25) is 0 Å². The molecule has 0 unspecified atom stereocenters. The van der Waals surface area contributed by atoms with Crippen LogP contribution in [-0.4, -0.2) is 20.3 Å². The fraction of sp³-hybridized carbons (Fsp3) is 0.571. The molecule has 0 atom stereocenters. The predicted molar refractivity (Wildman–Crippen MR) is 68.4 cm³/mol. The Bertz CT molecular complexity index is 417. The van der Waals surface area contributed by atoms with Crippen molar-refractivity contribution < 1.29 is 9.47 Å². The van der Waals surface area contributed by atoms with Gasteiger partial charge in [0.2, 0.25) is 0 Å². The minimum Gasteiger partial charge on any atom is -0.496 e. The highest BCUT2D eigenvalue weighted by Crippen LogP contribution is 2.36. The highest BCUT2D eigenvalue weighted by molar-refractivity contribution is 5.44. The normalized spacial score (nSPS) is 18.6. The quantitative estimate of drug-likeness (QED) is 0.854. The fourth-order valence-electron chi connectivity index (χ4n) is 2.09. The van der Waals surface area contributed by atoms with Crippen molar-refractivity contribution in [1.82, 2.24) is 0 Å². The number of benzene rings is 1. The molecule has 1 aliphatic heterocycles. The SMILES string of the molecule is COc1ccc(C2(N)COC2)cc1C(C)(C)C. The first-order valence-corrected chi connectivity index (χ1v) is 5.92. The van der Waals surface area contributed by atoms with Gasteiger partial charge in [0.1, 0.15) is 5.75 Å². The van der Waals surface area contributed by atoms with E-state index in [1.54, 1.807) is 7.11 Å². The number of hydrogen-bond donors (Lipinski definition) is 1. The molecule has 17 heavy (non-hydrogen) atoms. The average molecular weight is 235 g/mol. The van der Waals surface area contributed by atoms with E-state index in [-0.39, 0.29) is 11.0 Å². The number of nitrogens with two attached hydrogens (primary N) is 1. The standard InChI is InChI=1S/C14H21NO2/c1-13(2,3)11-7-10(5-6-12(11)16-4)14(15)8-17-9-14/h5-7H,8-9,15H2,1-4H3. The zero-order valence-electron chi connectivity index (χ0n) is 11.0. The van der Waals surface area contributed by atoms with E-state index in [0.717, 1.165) is 11.3 Å². The van der Waals surface area contributed by atoms with Gasteiger partial charge in [0.05, 0.1) is 25.9 Å². The summed E-state index contributed by atoms with van der Waals surface area (Å²) in [7, 11) is 1.70. The Labute approximate surface area is 103 Å². The van der Waals surface area contributed by atoms with Gasteiger partial charge in [0.25, 0.3) is 0 Å². The average Bonchev–Trinajstić information content (AvgIpc) is 2.24. The third-order valence-electron chi connectivity index (χ3n) is 3.30. The van der Waals surface area contributed by atoms with Crippen LogP contribution in [0.4, 0.5) is 0 Å². The lowest BCUT2D eigenvalue weighted by molar-refractivity contribution is -0.0569. The van der Waals surface area contributed by atoms with Crippen LogP contribution in [0.1, 0.15) is 31.9 Å². The van der Waals surface area contributed by atoms with Gasteiger partial charge in [-0.25, -0.2) is 0 Å². The monoisotopic (exact) mass is 235 g/mol. The van der Waals surface area contributed by atoms with E-state index in [4.69, 9.17) is 15.2 Å². The first kappa shape index (κ1) is 12.4. The molecule has 1 fully saturated rings. The molecule has 2 N–H and O–H groups in total. The smallest absolute Gasteiger partial charge is 0.122 e. The first-order valence-electron chi connectivity index (χ1n) is 5.92. The Hall–Kier alpha value is -1.06. The number of hydrogen-bond acceptors (Lipinski definition) is 3. The van der Waals surface area contributed by atoms with E-state index >= 15 is 0 Å². The van der Waals surface area contributed by atoms with Crippen molar-refractivity contribution in [2.45, 2.75) is 31.7 Å². The number of rotatable bonds is 2. The van der Waals surface area contributed by atoms with E-state index in [2.05, 4.69) is 26.8 Å². The van der Waals surface area contributed by atoms with Crippen molar-refractivity contribution in [3.8, 4) is 5.75 Å². The van der Waals surface area contributed by atoms with E-state index in [1.807, 2.05) is 12.1 Å². The summed E-state index contributed by atoms with van der Waals surface area (Å²) in [6.07, 6.45) is 0. The molecule has 0 bridgehead atoms. The maximum atomic E-state index is 6.26. The summed E-state index contributed by atoms with van der Waals surface area (Å²) in [6, 6.07) is 6.20. The Balaban J connectivity index is 2.45. The summed E-state index contributed by atoms with van der Waals surface area (Å²) in [5, 5.41) is 0. The van der Waals surface area contributed by atoms with E-state index in [0.29, 0.717) is 13.2 Å².